The van der Waals surface area contributed by atoms with Crippen LogP contribution >= 0.6 is 11.8 Å². The summed E-state index contributed by atoms with van der Waals surface area (Å²) in [6.07, 6.45) is 0. The van der Waals surface area contributed by atoms with E-state index < -0.39 is 0 Å². The summed E-state index contributed by atoms with van der Waals surface area (Å²) < 4.78 is 0. The SMILES string of the molecule is O=C1SCc2nc3ccccc3cc21. The van der Waals surface area contributed by atoms with Crippen LogP contribution in [0.25, 0.3) is 10.9 Å². The van der Waals surface area contributed by atoms with Crippen molar-refractivity contribution in [2.24, 2.45) is 0 Å². The van der Waals surface area contributed by atoms with Crippen LogP contribution in [0.4, 0.5) is 0 Å². The molecule has 1 aromatic heterocycles. The third-order valence-electron chi connectivity index (χ3n) is 2.36. The number of fused-ring (bicyclic) bond motifs is 2. The second kappa shape index (κ2) is 2.82. The van der Waals surface area contributed by atoms with Crippen LogP contribution in [-0.2, 0) is 5.75 Å². The molecule has 0 saturated carbocycles. The van der Waals surface area contributed by atoms with Crippen molar-refractivity contribution in [1.82, 2.24) is 4.98 Å². The Hall–Kier alpha value is -1.35. The molecular formula is C11H7NOS. The Morgan fingerprint density at radius 3 is 3.07 bits per heavy atom. The summed E-state index contributed by atoms with van der Waals surface area (Å²) in [5, 5.41) is 1.19. The van der Waals surface area contributed by atoms with Crippen LogP contribution in [0.3, 0.4) is 0 Å². The maximum absolute atomic E-state index is 11.4. The molecule has 3 rings (SSSR count). The highest BCUT2D eigenvalue weighted by Gasteiger charge is 2.21. The Kier molecular flexibility index (Phi) is 1.61. The number of carbonyl (C=O) groups is 1. The molecule has 68 valence electrons. The Bertz CT molecular complexity index is 536. The van der Waals surface area contributed by atoms with E-state index in [9.17, 15) is 4.79 Å². The van der Waals surface area contributed by atoms with Crippen molar-refractivity contribution >= 4 is 27.8 Å². The van der Waals surface area contributed by atoms with Crippen LogP contribution in [0, 0.1) is 0 Å². The van der Waals surface area contributed by atoms with Gasteiger partial charge in [-0.25, -0.2) is 0 Å². The van der Waals surface area contributed by atoms with Crippen molar-refractivity contribution in [3.8, 4) is 0 Å². The number of aromatic nitrogens is 1. The number of hydrogen-bond acceptors (Lipinski definition) is 3. The molecule has 0 radical (unpaired) electrons. The molecule has 2 aromatic rings. The van der Waals surface area contributed by atoms with Gasteiger partial charge in [0.2, 0.25) is 5.12 Å². The van der Waals surface area contributed by atoms with E-state index in [0.717, 1.165) is 27.9 Å². The van der Waals surface area contributed by atoms with Crippen molar-refractivity contribution in [3.05, 3.63) is 41.6 Å². The minimum atomic E-state index is 0.151. The van der Waals surface area contributed by atoms with E-state index in [2.05, 4.69) is 4.98 Å². The van der Waals surface area contributed by atoms with E-state index in [0.29, 0.717) is 0 Å². The highest BCUT2D eigenvalue weighted by Crippen LogP contribution is 2.30. The zero-order valence-electron chi connectivity index (χ0n) is 7.36. The fourth-order valence-electron chi connectivity index (χ4n) is 1.65. The largest absolute Gasteiger partial charge is 0.281 e. The van der Waals surface area contributed by atoms with Gasteiger partial charge < -0.3 is 0 Å². The molecule has 3 heteroatoms. The standard InChI is InChI=1S/C11H7NOS/c13-11-8-5-7-3-1-2-4-9(7)12-10(8)6-14-11/h1-5H,6H2. The molecule has 0 saturated heterocycles. The first-order valence-corrected chi connectivity index (χ1v) is 5.39. The lowest BCUT2D eigenvalue weighted by Crippen LogP contribution is -1.92. The molecule has 1 aliphatic heterocycles. The predicted molar refractivity (Wildman–Crippen MR) is 57.4 cm³/mol. The van der Waals surface area contributed by atoms with Crippen LogP contribution in [0.2, 0.25) is 0 Å². The maximum atomic E-state index is 11.4. The molecular weight excluding hydrogens is 194 g/mol. The van der Waals surface area contributed by atoms with E-state index >= 15 is 0 Å². The molecule has 1 aliphatic rings. The number of hydrogen-bond donors (Lipinski definition) is 0. The van der Waals surface area contributed by atoms with Crippen LogP contribution in [0.5, 0.6) is 0 Å². The van der Waals surface area contributed by atoms with Crippen molar-refractivity contribution in [2.45, 2.75) is 5.75 Å². The first-order chi connectivity index (χ1) is 6.84. The van der Waals surface area contributed by atoms with Gasteiger partial charge in [-0.05, 0) is 12.1 Å². The van der Waals surface area contributed by atoms with Gasteiger partial charge in [-0.1, -0.05) is 30.0 Å². The van der Waals surface area contributed by atoms with Gasteiger partial charge in [-0.15, -0.1) is 0 Å². The van der Waals surface area contributed by atoms with Gasteiger partial charge in [0.05, 0.1) is 16.8 Å². The Morgan fingerprint density at radius 2 is 2.14 bits per heavy atom. The van der Waals surface area contributed by atoms with Crippen molar-refractivity contribution < 1.29 is 4.79 Å². The summed E-state index contributed by atoms with van der Waals surface area (Å²) in [6, 6.07) is 9.83. The van der Waals surface area contributed by atoms with Crippen molar-refractivity contribution in [2.75, 3.05) is 0 Å². The third kappa shape index (κ3) is 1.06. The summed E-state index contributed by atoms with van der Waals surface area (Å²) >= 11 is 1.34. The van der Waals surface area contributed by atoms with E-state index in [-0.39, 0.29) is 5.12 Å². The highest BCUT2D eigenvalue weighted by atomic mass is 32.2. The summed E-state index contributed by atoms with van der Waals surface area (Å²) in [5.41, 5.74) is 2.69. The second-order valence-corrected chi connectivity index (χ2v) is 4.20. The topological polar surface area (TPSA) is 30.0 Å². The van der Waals surface area contributed by atoms with E-state index in [1.54, 1.807) is 0 Å². The second-order valence-electron chi connectivity index (χ2n) is 3.25. The first-order valence-electron chi connectivity index (χ1n) is 4.40. The summed E-state index contributed by atoms with van der Waals surface area (Å²) in [7, 11) is 0. The number of rotatable bonds is 0. The lowest BCUT2D eigenvalue weighted by molar-refractivity contribution is 0.109. The van der Waals surface area contributed by atoms with Crippen molar-refractivity contribution in [3.63, 3.8) is 0 Å². The maximum Gasteiger partial charge on any atom is 0.221 e. The molecule has 0 N–H and O–H groups in total. The minimum Gasteiger partial charge on any atom is -0.281 e. The van der Waals surface area contributed by atoms with Gasteiger partial charge in [-0.2, -0.15) is 0 Å². The quantitative estimate of drug-likeness (QED) is 0.656. The monoisotopic (exact) mass is 201 g/mol. The molecule has 1 aromatic carbocycles. The van der Waals surface area contributed by atoms with Gasteiger partial charge in [0.1, 0.15) is 0 Å². The number of pyridine rings is 1. The zero-order valence-corrected chi connectivity index (χ0v) is 8.17. The normalized spacial score (nSPS) is 14.7. The van der Waals surface area contributed by atoms with Gasteiger partial charge in [-0.3, -0.25) is 9.78 Å². The Morgan fingerprint density at radius 1 is 1.29 bits per heavy atom. The minimum absolute atomic E-state index is 0.151. The molecule has 14 heavy (non-hydrogen) atoms. The van der Waals surface area contributed by atoms with E-state index in [1.807, 2.05) is 30.3 Å². The predicted octanol–water partition coefficient (Wildman–Crippen LogP) is 2.62. The average Bonchev–Trinajstić information content (AvgIpc) is 2.57. The summed E-state index contributed by atoms with van der Waals surface area (Å²) in [5.74, 6) is 0.721. The number of carbonyl (C=O) groups excluding carboxylic acids is 1. The third-order valence-corrected chi connectivity index (χ3v) is 3.26. The first kappa shape index (κ1) is 8.00. The van der Waals surface area contributed by atoms with Gasteiger partial charge in [0.25, 0.3) is 0 Å². The van der Waals surface area contributed by atoms with Crippen LogP contribution in [0.1, 0.15) is 16.1 Å². The number of para-hydroxylation sites is 1. The van der Waals surface area contributed by atoms with Gasteiger partial charge in [0, 0.05) is 11.1 Å². The highest BCUT2D eigenvalue weighted by molar-refractivity contribution is 8.13. The fourth-order valence-corrected chi connectivity index (χ4v) is 2.47. The molecule has 0 aliphatic carbocycles. The van der Waals surface area contributed by atoms with Crippen molar-refractivity contribution in [1.29, 1.82) is 0 Å². The number of nitrogens with zero attached hydrogens (tertiary/aromatic N) is 1. The molecule has 2 heterocycles. The summed E-state index contributed by atoms with van der Waals surface area (Å²) in [6.45, 7) is 0. The van der Waals surface area contributed by atoms with Gasteiger partial charge >= 0.3 is 0 Å². The van der Waals surface area contributed by atoms with E-state index in [4.69, 9.17) is 0 Å². The molecule has 0 spiro atoms. The van der Waals surface area contributed by atoms with Crippen LogP contribution in [0.15, 0.2) is 30.3 Å². The molecule has 0 bridgehead atoms. The lowest BCUT2D eigenvalue weighted by Gasteiger charge is -1.99. The van der Waals surface area contributed by atoms with E-state index in [1.165, 1.54) is 11.8 Å². The average molecular weight is 201 g/mol. The Labute approximate surface area is 85.3 Å². The number of thioether (sulfide) groups is 1. The number of benzene rings is 1. The fraction of sp³-hybridized carbons (Fsp3) is 0.0909. The zero-order chi connectivity index (χ0) is 9.54. The molecule has 0 fully saturated rings. The lowest BCUT2D eigenvalue weighted by atomic mass is 10.1. The van der Waals surface area contributed by atoms with Crippen LogP contribution in [-0.4, -0.2) is 10.1 Å². The molecule has 2 nitrogen and oxygen atoms in total. The van der Waals surface area contributed by atoms with Crippen LogP contribution < -0.4 is 0 Å². The smallest absolute Gasteiger partial charge is 0.221 e. The summed E-state index contributed by atoms with van der Waals surface area (Å²) in [4.78, 5) is 15.9. The molecule has 0 amide bonds. The molecule has 0 atom stereocenters. The Balaban J connectivity index is 2.38. The molecule has 0 unspecified atom stereocenters. The van der Waals surface area contributed by atoms with Gasteiger partial charge in [0.15, 0.2) is 0 Å².